The van der Waals surface area contributed by atoms with Crippen LogP contribution in [-0.2, 0) is 26.2 Å². The van der Waals surface area contributed by atoms with Gasteiger partial charge in [0, 0.05) is 47.4 Å². The molecular weight excluding hydrogens is 705 g/mol. The highest BCUT2D eigenvalue weighted by Crippen LogP contribution is 2.42. The Labute approximate surface area is 303 Å². The number of methoxy groups -OCH3 is 2. The summed E-state index contributed by atoms with van der Waals surface area (Å²) in [7, 11) is -1.98. The van der Waals surface area contributed by atoms with E-state index >= 15 is 0 Å². The first-order valence-corrected chi connectivity index (χ1v) is 19.5. The second-order valence-corrected chi connectivity index (χ2v) is 16.1. The summed E-state index contributed by atoms with van der Waals surface area (Å²) in [6.07, 6.45) is 2.73. The van der Waals surface area contributed by atoms with Crippen LogP contribution in [0.25, 0.3) is 10.8 Å². The van der Waals surface area contributed by atoms with Gasteiger partial charge >= 0.3 is 6.03 Å². The molecule has 0 spiro atoms. The van der Waals surface area contributed by atoms with Crippen LogP contribution in [0.2, 0.25) is 0 Å². The highest BCUT2D eigenvalue weighted by atomic mass is 32.2. The van der Waals surface area contributed by atoms with Gasteiger partial charge in [0.15, 0.2) is 13.8 Å². The number of rotatable bonds is 12. The highest BCUT2D eigenvalue weighted by molar-refractivity contribution is 7.92. The number of anilines is 5. The molecule has 0 aliphatic heterocycles. The van der Waals surface area contributed by atoms with E-state index in [0.717, 1.165) is 21.5 Å². The summed E-state index contributed by atoms with van der Waals surface area (Å²) < 4.78 is 54.8. The third kappa shape index (κ3) is 8.94. The quantitative estimate of drug-likeness (QED) is 0.0916. The lowest BCUT2D eigenvalue weighted by atomic mass is 9.86. The summed E-state index contributed by atoms with van der Waals surface area (Å²) >= 11 is 0. The molecule has 0 saturated carbocycles. The lowest BCUT2D eigenvalue weighted by Gasteiger charge is -2.27. The normalized spacial score (nSPS) is 12.2. The fourth-order valence-corrected chi connectivity index (χ4v) is 6.57. The summed E-state index contributed by atoms with van der Waals surface area (Å²) in [6, 6.07) is 22.6. The Kier molecular flexibility index (Phi) is 11.3. The minimum Gasteiger partial charge on any atom is -0.496 e. The monoisotopic (exact) mass is 747 g/mol. The number of carbonyl (C=O) groups excluding carboxylic acids is 1. The summed E-state index contributed by atoms with van der Waals surface area (Å²) in [4.78, 5) is 27.3. The van der Waals surface area contributed by atoms with Gasteiger partial charge in [-0.3, -0.25) is 8.87 Å². The van der Waals surface area contributed by atoms with Crippen molar-refractivity contribution in [2.45, 2.75) is 32.3 Å². The molecule has 1 aromatic heterocycles. The van der Waals surface area contributed by atoms with Crippen molar-refractivity contribution in [3.05, 3.63) is 96.2 Å². The van der Waals surface area contributed by atoms with Crippen molar-refractivity contribution >= 4 is 63.4 Å². The minimum absolute atomic E-state index is 0.0225. The molecule has 0 fully saturated rings. The number of nitrogens with zero attached hydrogens (tertiary/aromatic N) is 2. The molecule has 1 atom stereocenters. The van der Waals surface area contributed by atoms with Gasteiger partial charge in [-0.05, 0) is 47.4 Å². The number of aromatic nitrogens is 1. The highest BCUT2D eigenvalue weighted by Gasteiger charge is 2.25. The first-order chi connectivity index (χ1) is 24.6. The average molecular weight is 748 g/mol. The molecule has 1 unspecified atom stereocenters. The van der Waals surface area contributed by atoms with Gasteiger partial charge in [-0.15, -0.1) is 0 Å². The number of hydrogen-bond acceptors (Lipinski definition) is 9. The molecule has 13 nitrogen and oxygen atoms in total. The first kappa shape index (κ1) is 37.9. The SMILES string of the molecule is COc1cc(Nc2cc(Oc3ccc(NC(=O)Nc4cc(C(C)(C)C)cc(N(C)S(C)(=O)=O)c4OC)c4ccccc34)ccn2)ccc1C[PH](=O)O. The molecule has 5 rings (SSSR count). The summed E-state index contributed by atoms with van der Waals surface area (Å²) in [5.74, 6) is 2.23. The molecule has 0 aliphatic rings. The van der Waals surface area contributed by atoms with Crippen molar-refractivity contribution in [1.82, 2.24) is 4.98 Å². The van der Waals surface area contributed by atoms with E-state index in [1.807, 2.05) is 45.0 Å². The van der Waals surface area contributed by atoms with Crippen molar-refractivity contribution in [1.29, 1.82) is 0 Å². The van der Waals surface area contributed by atoms with E-state index in [4.69, 9.17) is 14.2 Å². The molecule has 274 valence electrons. The number of ether oxygens (including phenoxy) is 3. The maximum Gasteiger partial charge on any atom is 0.323 e. The van der Waals surface area contributed by atoms with Crippen molar-refractivity contribution < 1.29 is 36.9 Å². The van der Waals surface area contributed by atoms with Crippen molar-refractivity contribution in [2.24, 2.45) is 0 Å². The van der Waals surface area contributed by atoms with Crippen molar-refractivity contribution in [3.63, 3.8) is 0 Å². The third-order valence-electron chi connectivity index (χ3n) is 8.22. The zero-order chi connectivity index (χ0) is 37.8. The Balaban J connectivity index is 1.39. The predicted octanol–water partition coefficient (Wildman–Crippen LogP) is 8.09. The molecule has 52 heavy (non-hydrogen) atoms. The number of amides is 2. The maximum absolute atomic E-state index is 13.5. The van der Waals surface area contributed by atoms with Gasteiger partial charge in [0.1, 0.15) is 23.1 Å². The molecule has 0 aliphatic carbocycles. The number of pyridine rings is 1. The van der Waals surface area contributed by atoms with Gasteiger partial charge in [-0.2, -0.15) is 0 Å². The minimum atomic E-state index is -3.63. The second-order valence-electron chi connectivity index (χ2n) is 13.0. The Morgan fingerprint density at radius 2 is 1.62 bits per heavy atom. The molecule has 1 heterocycles. The molecule has 0 bridgehead atoms. The zero-order valence-corrected chi connectivity index (χ0v) is 31.7. The number of carbonyl (C=O) groups is 1. The summed E-state index contributed by atoms with van der Waals surface area (Å²) in [6.45, 7) is 5.97. The molecule has 4 N–H and O–H groups in total. The van der Waals surface area contributed by atoms with Gasteiger partial charge in [-0.25, -0.2) is 18.2 Å². The van der Waals surface area contributed by atoms with E-state index in [2.05, 4.69) is 20.9 Å². The van der Waals surface area contributed by atoms with E-state index in [1.54, 1.807) is 60.8 Å². The summed E-state index contributed by atoms with van der Waals surface area (Å²) in [5.41, 5.74) is 2.85. The first-order valence-electron chi connectivity index (χ1n) is 16.1. The van der Waals surface area contributed by atoms with Gasteiger partial charge < -0.3 is 35.1 Å². The molecule has 5 aromatic rings. The Bertz CT molecular complexity index is 2260. The second kappa shape index (κ2) is 15.5. The number of benzene rings is 4. The fourth-order valence-electron chi connectivity index (χ4n) is 5.46. The smallest absolute Gasteiger partial charge is 0.323 e. The summed E-state index contributed by atoms with van der Waals surface area (Å²) in [5, 5.41) is 10.4. The molecule has 0 radical (unpaired) electrons. The topological polar surface area (TPSA) is 168 Å². The lowest BCUT2D eigenvalue weighted by Crippen LogP contribution is -2.27. The zero-order valence-electron chi connectivity index (χ0n) is 29.9. The molecule has 2 amide bonds. The van der Waals surface area contributed by atoms with E-state index in [0.29, 0.717) is 56.8 Å². The van der Waals surface area contributed by atoms with Crippen LogP contribution in [0.4, 0.5) is 33.4 Å². The van der Waals surface area contributed by atoms with Crippen LogP contribution < -0.4 is 34.5 Å². The van der Waals surface area contributed by atoms with E-state index in [9.17, 15) is 22.7 Å². The Morgan fingerprint density at radius 1 is 0.904 bits per heavy atom. The Hall–Kier alpha value is -5.30. The van der Waals surface area contributed by atoms with Crippen molar-refractivity contribution in [3.8, 4) is 23.0 Å². The maximum atomic E-state index is 13.5. The number of hydrogen-bond donors (Lipinski definition) is 4. The number of sulfonamides is 1. The third-order valence-corrected chi connectivity index (χ3v) is 10.1. The molecule has 15 heteroatoms. The van der Waals surface area contributed by atoms with Gasteiger partial charge in [0.05, 0.1) is 43.7 Å². The number of fused-ring (bicyclic) bond motifs is 1. The van der Waals surface area contributed by atoms with Crippen LogP contribution in [0.3, 0.4) is 0 Å². The molecule has 0 saturated heterocycles. The van der Waals surface area contributed by atoms with Crippen LogP contribution in [0.5, 0.6) is 23.0 Å². The van der Waals surface area contributed by atoms with Crippen LogP contribution >= 0.6 is 8.03 Å². The van der Waals surface area contributed by atoms with Gasteiger partial charge in [0.25, 0.3) is 0 Å². The van der Waals surface area contributed by atoms with Crippen LogP contribution in [0.1, 0.15) is 31.9 Å². The van der Waals surface area contributed by atoms with Crippen LogP contribution in [0.15, 0.2) is 85.1 Å². The number of nitrogens with one attached hydrogen (secondary N) is 3. The molecule has 4 aromatic carbocycles. The van der Waals surface area contributed by atoms with Crippen LogP contribution in [0, 0.1) is 0 Å². The number of urea groups is 1. The van der Waals surface area contributed by atoms with Crippen molar-refractivity contribution in [2.75, 3.05) is 47.8 Å². The van der Waals surface area contributed by atoms with Gasteiger partial charge in [0.2, 0.25) is 10.0 Å². The predicted molar refractivity (Wildman–Crippen MR) is 207 cm³/mol. The average Bonchev–Trinajstić information content (AvgIpc) is 3.08. The van der Waals surface area contributed by atoms with Crippen LogP contribution in [-0.4, -0.2) is 51.8 Å². The van der Waals surface area contributed by atoms with Gasteiger partial charge in [-0.1, -0.05) is 51.1 Å². The van der Waals surface area contributed by atoms with E-state index in [-0.39, 0.29) is 17.3 Å². The largest absolute Gasteiger partial charge is 0.496 e. The Morgan fingerprint density at radius 3 is 2.27 bits per heavy atom. The fraction of sp³-hybridized carbons (Fsp3) is 0.243. The molecular formula is C37H42N5O8PS. The standard InChI is InChI=1S/C37H42N5O8PS/c1-37(2,3)24-18-30(35(49-6)31(19-24)42(4)52(7,46)47)41-36(43)40-29-14-15-32(28-11-9-8-10-27(28)29)50-26-16-17-38-34(21-26)39-25-13-12-23(22-51(44)45)33(20-25)48-5/h8-21,51H,22H2,1-7H3,(H,38,39)(H,44,45)(H2,40,41,43). The van der Waals surface area contributed by atoms with E-state index < -0.39 is 24.1 Å². The lowest BCUT2D eigenvalue weighted by molar-refractivity contribution is 0.262. The van der Waals surface area contributed by atoms with E-state index in [1.165, 1.54) is 21.3 Å².